The summed E-state index contributed by atoms with van der Waals surface area (Å²) >= 11 is 8.45. The number of carbonyl (C=O) groups excluding carboxylic acids is 1. The molecule has 1 heterocycles. The third-order valence-electron chi connectivity index (χ3n) is 3.85. The fourth-order valence-electron chi connectivity index (χ4n) is 2.61. The molecule has 24 heavy (non-hydrogen) atoms. The van der Waals surface area contributed by atoms with E-state index in [9.17, 15) is 13.6 Å². The van der Waals surface area contributed by atoms with Crippen molar-refractivity contribution in [3.8, 4) is 0 Å². The van der Waals surface area contributed by atoms with E-state index in [0.717, 1.165) is 9.86 Å². The molecular weight excluding hydrogens is 449 g/mol. The molecule has 0 bridgehead atoms. The Labute approximate surface area is 156 Å². The Kier molecular flexibility index (Phi) is 4.87. The maximum atomic E-state index is 14.3. The summed E-state index contributed by atoms with van der Waals surface area (Å²) in [5, 5.41) is 3.38. The van der Waals surface area contributed by atoms with Crippen LogP contribution in [0.3, 0.4) is 0 Å². The van der Waals surface area contributed by atoms with Crippen LogP contribution in [0.25, 0.3) is 0 Å². The lowest BCUT2D eigenvalue weighted by atomic mass is 9.99. The quantitative estimate of drug-likeness (QED) is 0.532. The van der Waals surface area contributed by atoms with Crippen molar-refractivity contribution in [2.45, 2.75) is 19.0 Å². The van der Waals surface area contributed by atoms with Crippen molar-refractivity contribution in [2.75, 3.05) is 5.32 Å². The number of anilines is 1. The molecule has 0 aromatic heterocycles. The van der Waals surface area contributed by atoms with E-state index in [4.69, 9.17) is 11.6 Å². The molecule has 3 rings (SSSR count). The number of hydrogen-bond donors (Lipinski definition) is 1. The molecule has 2 aromatic rings. The van der Waals surface area contributed by atoms with Crippen LogP contribution in [0.2, 0.25) is 5.02 Å². The highest BCUT2D eigenvalue weighted by Crippen LogP contribution is 2.35. The van der Waals surface area contributed by atoms with Gasteiger partial charge in [-0.2, -0.15) is 0 Å². The summed E-state index contributed by atoms with van der Waals surface area (Å²) in [5.74, 6) is -1.46. The Balaban J connectivity index is 2.36. The van der Waals surface area contributed by atoms with Crippen molar-refractivity contribution in [1.82, 2.24) is 0 Å². The van der Waals surface area contributed by atoms with Gasteiger partial charge in [0.2, 0.25) is 0 Å². The normalized spacial score (nSPS) is 19.8. The van der Waals surface area contributed by atoms with E-state index in [2.05, 4.69) is 10.3 Å². The number of fused-ring (bicyclic) bond motifs is 1. The Morgan fingerprint density at radius 2 is 1.88 bits per heavy atom. The summed E-state index contributed by atoms with van der Waals surface area (Å²) < 4.78 is 29.4. The summed E-state index contributed by atoms with van der Waals surface area (Å²) in [4.78, 5) is 15.8. The number of aldehydes is 1. The second kappa shape index (κ2) is 6.76. The van der Waals surface area contributed by atoms with Gasteiger partial charge in [0, 0.05) is 14.8 Å². The number of nitrogens with one attached hydrogen (secondary N) is 1. The van der Waals surface area contributed by atoms with E-state index in [1.165, 1.54) is 18.2 Å². The van der Waals surface area contributed by atoms with Gasteiger partial charge in [-0.15, -0.1) is 0 Å². The third kappa shape index (κ3) is 2.93. The van der Waals surface area contributed by atoms with Crippen LogP contribution in [0.4, 0.5) is 14.5 Å². The molecule has 0 spiro atoms. The van der Waals surface area contributed by atoms with Gasteiger partial charge in [-0.1, -0.05) is 17.7 Å². The van der Waals surface area contributed by atoms with Gasteiger partial charge in [-0.3, -0.25) is 4.99 Å². The number of hydrogen-bond acceptors (Lipinski definition) is 3. The van der Waals surface area contributed by atoms with Gasteiger partial charge in [0.1, 0.15) is 24.0 Å². The molecule has 1 N–H and O–H groups in total. The molecule has 124 valence electrons. The fraction of sp³-hybridized carbons (Fsp3) is 0.176. The molecule has 3 nitrogen and oxygen atoms in total. The predicted molar refractivity (Wildman–Crippen MR) is 99.1 cm³/mol. The SMILES string of the molecule is C[C@@H]1N=C(c2c(F)cccc2F)c2c(ccc(I)c2Cl)NC1C=O. The lowest BCUT2D eigenvalue weighted by Gasteiger charge is -2.16. The van der Waals surface area contributed by atoms with Crippen LogP contribution in [0.5, 0.6) is 0 Å². The number of rotatable bonds is 2. The zero-order chi connectivity index (χ0) is 17.4. The smallest absolute Gasteiger partial charge is 0.144 e. The van der Waals surface area contributed by atoms with Gasteiger partial charge in [0.05, 0.1) is 22.3 Å². The lowest BCUT2D eigenvalue weighted by Crippen LogP contribution is -2.31. The molecule has 0 fully saturated rings. The topological polar surface area (TPSA) is 41.5 Å². The number of carbonyl (C=O) groups is 1. The van der Waals surface area contributed by atoms with E-state index in [1.807, 2.05) is 22.6 Å². The van der Waals surface area contributed by atoms with Crippen LogP contribution < -0.4 is 5.32 Å². The van der Waals surface area contributed by atoms with Crippen LogP contribution in [0, 0.1) is 15.2 Å². The van der Waals surface area contributed by atoms with E-state index in [1.54, 1.807) is 19.1 Å². The molecule has 1 unspecified atom stereocenters. The van der Waals surface area contributed by atoms with Crippen molar-refractivity contribution < 1.29 is 13.6 Å². The van der Waals surface area contributed by atoms with Crippen LogP contribution in [0.1, 0.15) is 18.1 Å². The highest BCUT2D eigenvalue weighted by atomic mass is 127. The maximum Gasteiger partial charge on any atom is 0.144 e. The summed E-state index contributed by atoms with van der Waals surface area (Å²) in [6, 6.07) is 5.99. The Bertz CT molecular complexity index is 836. The minimum absolute atomic E-state index is 0.105. The standard InChI is InChI=1S/C17H12ClF2IN2O/c1-8-13(7-24)23-12-6-5-11(21)16(18)15(12)17(22-8)14-9(19)3-2-4-10(14)20/h2-8,13,23H,1H3/t8-,13?/m0/s1. The molecule has 2 aromatic carbocycles. The molecule has 0 amide bonds. The zero-order valence-corrected chi connectivity index (χ0v) is 15.4. The summed E-state index contributed by atoms with van der Waals surface area (Å²) in [7, 11) is 0. The minimum Gasteiger partial charge on any atom is -0.373 e. The van der Waals surface area contributed by atoms with Crippen molar-refractivity contribution in [1.29, 1.82) is 0 Å². The Morgan fingerprint density at radius 3 is 2.50 bits per heavy atom. The van der Waals surface area contributed by atoms with Crippen LogP contribution in [-0.4, -0.2) is 24.1 Å². The number of benzene rings is 2. The van der Waals surface area contributed by atoms with Crippen molar-refractivity contribution in [3.05, 3.63) is 61.7 Å². The first-order chi connectivity index (χ1) is 11.4. The summed E-state index contributed by atoms with van der Waals surface area (Å²) in [6.45, 7) is 1.70. The lowest BCUT2D eigenvalue weighted by molar-refractivity contribution is -0.108. The van der Waals surface area contributed by atoms with Crippen molar-refractivity contribution >= 4 is 51.9 Å². The number of halogens is 4. The summed E-state index contributed by atoms with van der Waals surface area (Å²) in [5.41, 5.74) is 0.767. The predicted octanol–water partition coefficient (Wildman–Crippen LogP) is 4.44. The molecule has 2 atom stereocenters. The molecule has 0 aliphatic carbocycles. The van der Waals surface area contributed by atoms with Gasteiger partial charge < -0.3 is 10.1 Å². The average Bonchev–Trinajstić information content (AvgIpc) is 2.68. The van der Waals surface area contributed by atoms with Crippen LogP contribution in [-0.2, 0) is 4.79 Å². The van der Waals surface area contributed by atoms with Crippen LogP contribution in [0.15, 0.2) is 35.3 Å². The second-order valence-corrected chi connectivity index (χ2v) is 6.95. The Morgan fingerprint density at radius 1 is 1.21 bits per heavy atom. The molecule has 1 aliphatic heterocycles. The highest BCUT2D eigenvalue weighted by molar-refractivity contribution is 14.1. The van der Waals surface area contributed by atoms with E-state index < -0.39 is 23.7 Å². The highest BCUT2D eigenvalue weighted by Gasteiger charge is 2.29. The number of nitrogens with zero attached hydrogens (tertiary/aromatic N) is 1. The molecule has 0 radical (unpaired) electrons. The molecular formula is C17H12ClF2IN2O. The van der Waals surface area contributed by atoms with Gasteiger partial charge in [-0.25, -0.2) is 8.78 Å². The van der Waals surface area contributed by atoms with Crippen molar-refractivity contribution in [3.63, 3.8) is 0 Å². The summed E-state index contributed by atoms with van der Waals surface area (Å²) in [6.07, 6.45) is 0.727. The molecule has 0 saturated heterocycles. The van der Waals surface area contributed by atoms with Crippen LogP contribution >= 0.6 is 34.2 Å². The van der Waals surface area contributed by atoms with Gasteiger partial charge in [0.25, 0.3) is 0 Å². The third-order valence-corrected chi connectivity index (χ3v) is 5.46. The van der Waals surface area contributed by atoms with Gasteiger partial charge >= 0.3 is 0 Å². The Hall–Kier alpha value is -1.54. The second-order valence-electron chi connectivity index (χ2n) is 5.41. The zero-order valence-electron chi connectivity index (χ0n) is 12.5. The molecule has 1 aliphatic rings. The van der Waals surface area contributed by atoms with E-state index in [0.29, 0.717) is 16.3 Å². The minimum atomic E-state index is -0.730. The first kappa shape index (κ1) is 17.3. The monoisotopic (exact) mass is 460 g/mol. The maximum absolute atomic E-state index is 14.3. The first-order valence-corrected chi connectivity index (χ1v) is 8.62. The first-order valence-electron chi connectivity index (χ1n) is 7.16. The molecule has 7 heteroatoms. The van der Waals surface area contributed by atoms with Gasteiger partial charge in [-0.05, 0) is 53.8 Å². The van der Waals surface area contributed by atoms with E-state index >= 15 is 0 Å². The average molecular weight is 461 g/mol. The number of benzodiazepines with no additional fused rings is 1. The fourth-order valence-corrected chi connectivity index (χ4v) is 3.32. The van der Waals surface area contributed by atoms with E-state index in [-0.39, 0.29) is 11.3 Å². The number of aliphatic imine (C=N–C) groups is 1. The van der Waals surface area contributed by atoms with Crippen molar-refractivity contribution in [2.24, 2.45) is 4.99 Å². The van der Waals surface area contributed by atoms with Gasteiger partial charge in [0.15, 0.2) is 0 Å². The molecule has 0 saturated carbocycles. The largest absolute Gasteiger partial charge is 0.373 e.